The van der Waals surface area contributed by atoms with Crippen LogP contribution in [0.1, 0.15) is 78.7 Å². The van der Waals surface area contributed by atoms with Crippen LogP contribution < -0.4 is 21.3 Å². The number of hydrogen-bond acceptors (Lipinski definition) is 7. The molecule has 4 N–H and O–H groups in total. The summed E-state index contributed by atoms with van der Waals surface area (Å²) >= 11 is 0. The molecular formula is C29H44N4O7. The van der Waals surface area contributed by atoms with Gasteiger partial charge in [-0.15, -0.1) is 0 Å². The third kappa shape index (κ3) is 11.6. The molecule has 222 valence electrons. The van der Waals surface area contributed by atoms with E-state index in [4.69, 9.17) is 9.47 Å². The zero-order chi connectivity index (χ0) is 29.7. The zero-order valence-electron chi connectivity index (χ0n) is 24.2. The SMILES string of the molecule is CC[C@H](C)[C@@H](NC(=O)[C@@H](CCC(=O)OCc1ccccc1)NC(=O)OC(C)(C)C)C(=O)N[C@H]1CCCCNC1=O. The third-order valence-electron chi connectivity index (χ3n) is 6.53. The normalized spacial score (nSPS) is 17.7. The van der Waals surface area contributed by atoms with Crippen molar-refractivity contribution in [1.29, 1.82) is 0 Å². The summed E-state index contributed by atoms with van der Waals surface area (Å²) in [5, 5.41) is 10.8. The van der Waals surface area contributed by atoms with Crippen molar-refractivity contribution in [2.45, 2.75) is 103 Å². The summed E-state index contributed by atoms with van der Waals surface area (Å²) in [7, 11) is 0. The molecule has 2 rings (SSSR count). The Bertz CT molecular complexity index is 1010. The summed E-state index contributed by atoms with van der Waals surface area (Å²) in [5.41, 5.74) is 0.0137. The fourth-order valence-electron chi connectivity index (χ4n) is 4.09. The minimum atomic E-state index is -1.17. The van der Waals surface area contributed by atoms with Crippen LogP contribution in [0, 0.1) is 5.92 Å². The van der Waals surface area contributed by atoms with E-state index in [0.29, 0.717) is 19.4 Å². The van der Waals surface area contributed by atoms with E-state index in [9.17, 15) is 24.0 Å². The van der Waals surface area contributed by atoms with Crippen LogP contribution in [-0.2, 0) is 35.3 Å². The number of ether oxygens (including phenoxy) is 2. The fourth-order valence-corrected chi connectivity index (χ4v) is 4.09. The van der Waals surface area contributed by atoms with Gasteiger partial charge in [0.1, 0.15) is 30.3 Å². The molecule has 0 unspecified atom stereocenters. The maximum atomic E-state index is 13.4. The Morgan fingerprint density at radius 1 is 1.05 bits per heavy atom. The molecule has 11 heteroatoms. The highest BCUT2D eigenvalue weighted by atomic mass is 16.6. The minimum absolute atomic E-state index is 0.0709. The summed E-state index contributed by atoms with van der Waals surface area (Å²) in [6.07, 6.45) is 1.64. The fraction of sp³-hybridized carbons (Fsp3) is 0.621. The van der Waals surface area contributed by atoms with Gasteiger partial charge < -0.3 is 30.7 Å². The molecule has 40 heavy (non-hydrogen) atoms. The first-order valence-electron chi connectivity index (χ1n) is 14.0. The van der Waals surface area contributed by atoms with Gasteiger partial charge in [0.05, 0.1) is 0 Å². The summed E-state index contributed by atoms with van der Waals surface area (Å²) in [5.74, 6) is -2.19. The van der Waals surface area contributed by atoms with E-state index in [1.807, 2.05) is 44.2 Å². The first-order chi connectivity index (χ1) is 18.9. The standard InChI is InChI=1S/C29H44N4O7/c1-6-19(2)24(27(37)31-21-14-10-11-17-30-25(21)35)33-26(36)22(32-28(38)40-29(3,4)5)15-16-23(34)39-18-20-12-8-7-9-13-20/h7-9,12-13,19,21-22,24H,6,10-11,14-18H2,1-5H3,(H,30,35)(H,31,37)(H,32,38)(H,33,36)/t19-,21-,22+,24+/m0/s1. The largest absolute Gasteiger partial charge is 0.461 e. The molecule has 4 amide bonds. The van der Waals surface area contributed by atoms with E-state index in [2.05, 4.69) is 21.3 Å². The molecule has 1 aromatic carbocycles. The van der Waals surface area contributed by atoms with E-state index in [0.717, 1.165) is 18.4 Å². The zero-order valence-corrected chi connectivity index (χ0v) is 24.2. The van der Waals surface area contributed by atoms with Crippen LogP contribution in [0.2, 0.25) is 0 Å². The minimum Gasteiger partial charge on any atom is -0.461 e. The van der Waals surface area contributed by atoms with Gasteiger partial charge in [0.2, 0.25) is 17.7 Å². The molecule has 1 aliphatic heterocycles. The highest BCUT2D eigenvalue weighted by molar-refractivity contribution is 5.94. The van der Waals surface area contributed by atoms with Crippen LogP contribution in [0.4, 0.5) is 4.79 Å². The van der Waals surface area contributed by atoms with Gasteiger partial charge in [0.15, 0.2) is 0 Å². The molecule has 0 aliphatic carbocycles. The average molecular weight is 561 g/mol. The van der Waals surface area contributed by atoms with Gasteiger partial charge in [-0.05, 0) is 57.9 Å². The lowest BCUT2D eigenvalue weighted by atomic mass is 9.97. The summed E-state index contributed by atoms with van der Waals surface area (Å²) in [6, 6.07) is 6.36. The second-order valence-electron chi connectivity index (χ2n) is 11.1. The molecule has 4 atom stereocenters. The lowest BCUT2D eigenvalue weighted by Gasteiger charge is -2.28. The number of alkyl carbamates (subject to hydrolysis) is 1. The molecule has 0 bridgehead atoms. The van der Waals surface area contributed by atoms with Crippen molar-refractivity contribution in [2.75, 3.05) is 6.54 Å². The molecule has 1 aliphatic rings. The first-order valence-corrected chi connectivity index (χ1v) is 14.0. The van der Waals surface area contributed by atoms with Gasteiger partial charge in [0.25, 0.3) is 0 Å². The number of rotatable bonds is 12. The Labute approximate surface area is 236 Å². The maximum absolute atomic E-state index is 13.4. The van der Waals surface area contributed by atoms with E-state index in [-0.39, 0.29) is 31.3 Å². The molecular weight excluding hydrogens is 516 g/mol. The van der Waals surface area contributed by atoms with Crippen LogP contribution in [0.5, 0.6) is 0 Å². The van der Waals surface area contributed by atoms with E-state index >= 15 is 0 Å². The lowest BCUT2D eigenvalue weighted by molar-refractivity contribution is -0.145. The van der Waals surface area contributed by atoms with Crippen molar-refractivity contribution in [2.24, 2.45) is 5.92 Å². The first kappa shape index (κ1) is 32.6. The van der Waals surface area contributed by atoms with Crippen molar-refractivity contribution in [1.82, 2.24) is 21.3 Å². The van der Waals surface area contributed by atoms with Gasteiger partial charge in [-0.3, -0.25) is 19.2 Å². The maximum Gasteiger partial charge on any atom is 0.408 e. The van der Waals surface area contributed by atoms with Crippen LogP contribution in [0.15, 0.2) is 30.3 Å². The Kier molecular flexibility index (Phi) is 12.9. The van der Waals surface area contributed by atoms with E-state index in [1.54, 1.807) is 20.8 Å². The molecule has 1 fully saturated rings. The Morgan fingerprint density at radius 3 is 2.40 bits per heavy atom. The number of esters is 1. The average Bonchev–Trinajstić information content (AvgIpc) is 3.10. The van der Waals surface area contributed by atoms with Crippen LogP contribution in [0.25, 0.3) is 0 Å². The molecule has 1 saturated heterocycles. The molecule has 1 aromatic rings. The van der Waals surface area contributed by atoms with Crippen molar-refractivity contribution < 1.29 is 33.4 Å². The van der Waals surface area contributed by atoms with Crippen molar-refractivity contribution in [3.63, 3.8) is 0 Å². The van der Waals surface area contributed by atoms with Crippen molar-refractivity contribution in [3.8, 4) is 0 Å². The molecule has 0 saturated carbocycles. The Hall–Kier alpha value is -3.63. The second kappa shape index (κ2) is 15.8. The monoisotopic (exact) mass is 560 g/mol. The number of carbonyl (C=O) groups is 5. The molecule has 0 aromatic heterocycles. The molecule has 0 radical (unpaired) electrons. The highest BCUT2D eigenvalue weighted by Crippen LogP contribution is 2.13. The number of benzene rings is 1. The summed E-state index contributed by atoms with van der Waals surface area (Å²) in [4.78, 5) is 63.9. The van der Waals surface area contributed by atoms with Crippen LogP contribution in [0.3, 0.4) is 0 Å². The summed E-state index contributed by atoms with van der Waals surface area (Å²) < 4.78 is 10.6. The van der Waals surface area contributed by atoms with E-state index in [1.165, 1.54) is 0 Å². The third-order valence-corrected chi connectivity index (χ3v) is 6.53. The predicted molar refractivity (Wildman–Crippen MR) is 149 cm³/mol. The second-order valence-corrected chi connectivity index (χ2v) is 11.1. The quantitative estimate of drug-likeness (QED) is 0.287. The number of amides is 4. The van der Waals surface area contributed by atoms with Gasteiger partial charge in [-0.2, -0.15) is 0 Å². The van der Waals surface area contributed by atoms with Gasteiger partial charge >= 0.3 is 12.1 Å². The summed E-state index contributed by atoms with van der Waals surface area (Å²) in [6.45, 7) is 9.41. The Balaban J connectivity index is 2.10. The molecule has 0 spiro atoms. The topological polar surface area (TPSA) is 152 Å². The predicted octanol–water partition coefficient (Wildman–Crippen LogP) is 2.72. The lowest BCUT2D eigenvalue weighted by Crippen LogP contribution is -2.58. The Morgan fingerprint density at radius 2 is 1.75 bits per heavy atom. The van der Waals surface area contributed by atoms with Gasteiger partial charge in [0, 0.05) is 13.0 Å². The van der Waals surface area contributed by atoms with E-state index < -0.39 is 47.6 Å². The van der Waals surface area contributed by atoms with Crippen LogP contribution in [-0.4, -0.2) is 60.1 Å². The van der Waals surface area contributed by atoms with Gasteiger partial charge in [-0.1, -0.05) is 50.6 Å². The highest BCUT2D eigenvalue weighted by Gasteiger charge is 2.33. The molecule has 1 heterocycles. The number of nitrogens with one attached hydrogen (secondary N) is 4. The van der Waals surface area contributed by atoms with Crippen LogP contribution >= 0.6 is 0 Å². The molecule has 11 nitrogen and oxygen atoms in total. The van der Waals surface area contributed by atoms with Gasteiger partial charge in [-0.25, -0.2) is 4.79 Å². The van der Waals surface area contributed by atoms with Crippen molar-refractivity contribution >= 4 is 29.8 Å². The number of hydrogen-bond donors (Lipinski definition) is 4. The van der Waals surface area contributed by atoms with Crippen molar-refractivity contribution in [3.05, 3.63) is 35.9 Å². The smallest absolute Gasteiger partial charge is 0.408 e. The number of carbonyl (C=O) groups excluding carboxylic acids is 5.